The zero-order valence-corrected chi connectivity index (χ0v) is 14.5. The third kappa shape index (κ3) is 3.13. The van der Waals surface area contributed by atoms with Gasteiger partial charge in [-0.2, -0.15) is 4.98 Å². The van der Waals surface area contributed by atoms with Crippen molar-refractivity contribution in [1.82, 2.24) is 15.1 Å². The summed E-state index contributed by atoms with van der Waals surface area (Å²) < 4.78 is 18.5. The molecule has 4 aromatic rings. The number of pyridine rings is 1. The van der Waals surface area contributed by atoms with Crippen LogP contribution in [0.25, 0.3) is 22.3 Å². The lowest BCUT2D eigenvalue weighted by atomic mass is 10.1. The van der Waals surface area contributed by atoms with E-state index in [2.05, 4.69) is 15.5 Å². The first-order valence-corrected chi connectivity index (χ1v) is 8.29. The third-order valence-electron chi connectivity index (χ3n) is 4.16. The Bertz CT molecular complexity index is 1090. The second-order valence-corrected chi connectivity index (χ2v) is 6.15. The Morgan fingerprint density at radius 1 is 1.04 bits per heavy atom. The smallest absolute Gasteiger partial charge is 0.223 e. The largest absolute Gasteiger partial charge is 0.365 e. The van der Waals surface area contributed by atoms with E-state index in [-0.39, 0.29) is 5.82 Å². The molecule has 26 heavy (non-hydrogen) atoms. The predicted molar refractivity (Wildman–Crippen MR) is 98.2 cm³/mol. The Kier molecular flexibility index (Phi) is 4.08. The van der Waals surface area contributed by atoms with E-state index < -0.39 is 0 Å². The molecule has 0 saturated heterocycles. The van der Waals surface area contributed by atoms with E-state index in [9.17, 15) is 4.39 Å². The fraction of sp³-hybridized carbons (Fsp3) is 0.150. The van der Waals surface area contributed by atoms with Crippen LogP contribution in [0.1, 0.15) is 17.0 Å². The molecule has 0 atom stereocenters. The fourth-order valence-corrected chi connectivity index (χ4v) is 2.89. The normalized spacial score (nSPS) is 11.0. The van der Waals surface area contributed by atoms with Crippen LogP contribution in [0.3, 0.4) is 0 Å². The lowest BCUT2D eigenvalue weighted by molar-refractivity contribution is 0.394. The van der Waals surface area contributed by atoms with Gasteiger partial charge in [0.25, 0.3) is 0 Å². The Balaban J connectivity index is 1.78. The molecule has 0 spiro atoms. The van der Waals surface area contributed by atoms with E-state index in [4.69, 9.17) is 9.51 Å². The zero-order valence-electron chi connectivity index (χ0n) is 14.5. The molecule has 2 heterocycles. The molecule has 0 bridgehead atoms. The van der Waals surface area contributed by atoms with Crippen LogP contribution in [0.15, 0.2) is 53.1 Å². The Labute approximate surface area is 149 Å². The molecule has 0 aliphatic rings. The molecule has 0 saturated carbocycles. The number of nitrogens with one attached hydrogen (secondary N) is 1. The van der Waals surface area contributed by atoms with Crippen LogP contribution in [0.2, 0.25) is 0 Å². The highest BCUT2D eigenvalue weighted by Gasteiger charge is 2.15. The zero-order chi connectivity index (χ0) is 18.1. The van der Waals surface area contributed by atoms with Gasteiger partial charge in [-0.1, -0.05) is 35.5 Å². The van der Waals surface area contributed by atoms with Crippen molar-refractivity contribution in [2.24, 2.45) is 0 Å². The molecular formula is C20H17FN4O. The molecule has 0 unspecified atom stereocenters. The summed E-state index contributed by atoms with van der Waals surface area (Å²) in [7, 11) is 0. The van der Waals surface area contributed by atoms with Gasteiger partial charge < -0.3 is 9.84 Å². The van der Waals surface area contributed by atoms with Gasteiger partial charge in [-0.25, -0.2) is 9.37 Å². The van der Waals surface area contributed by atoms with E-state index >= 15 is 0 Å². The minimum absolute atomic E-state index is 0.263. The minimum Gasteiger partial charge on any atom is -0.365 e. The van der Waals surface area contributed by atoms with Crippen LogP contribution in [0.4, 0.5) is 10.2 Å². The van der Waals surface area contributed by atoms with Crippen molar-refractivity contribution < 1.29 is 8.91 Å². The maximum Gasteiger partial charge on any atom is 0.223 e. The van der Waals surface area contributed by atoms with E-state index in [1.807, 2.05) is 37.3 Å². The van der Waals surface area contributed by atoms with Crippen LogP contribution in [-0.2, 0) is 6.54 Å². The number of nitrogens with zero attached hydrogens (tertiary/aromatic N) is 3. The number of rotatable bonds is 4. The summed E-state index contributed by atoms with van der Waals surface area (Å²) in [4.78, 5) is 9.09. The predicted octanol–water partition coefficient (Wildman–Crippen LogP) is 4.65. The second kappa shape index (κ2) is 6.55. The molecule has 0 amide bonds. The number of para-hydroxylation sites is 1. The summed E-state index contributed by atoms with van der Waals surface area (Å²) in [6, 6.07) is 14.5. The van der Waals surface area contributed by atoms with Crippen molar-refractivity contribution in [3.05, 3.63) is 71.4 Å². The minimum atomic E-state index is -0.263. The van der Waals surface area contributed by atoms with Gasteiger partial charge in [-0.15, -0.1) is 0 Å². The molecule has 4 rings (SSSR count). The number of aryl methyl sites for hydroxylation is 2. The van der Waals surface area contributed by atoms with Crippen LogP contribution in [0, 0.1) is 19.7 Å². The van der Waals surface area contributed by atoms with Gasteiger partial charge >= 0.3 is 0 Å². The number of fused-ring (bicyclic) bond motifs is 1. The second-order valence-electron chi connectivity index (χ2n) is 6.15. The topological polar surface area (TPSA) is 63.8 Å². The molecule has 0 aliphatic heterocycles. The quantitative estimate of drug-likeness (QED) is 0.581. The molecular weight excluding hydrogens is 331 g/mol. The lowest BCUT2D eigenvalue weighted by Gasteiger charge is -2.12. The van der Waals surface area contributed by atoms with Crippen molar-refractivity contribution in [2.75, 3.05) is 5.32 Å². The van der Waals surface area contributed by atoms with Crippen LogP contribution in [0.5, 0.6) is 0 Å². The molecule has 1 N–H and O–H groups in total. The summed E-state index contributed by atoms with van der Waals surface area (Å²) in [6.45, 7) is 4.20. The van der Waals surface area contributed by atoms with Crippen LogP contribution in [-0.4, -0.2) is 15.1 Å². The molecule has 5 nitrogen and oxygen atoms in total. The van der Waals surface area contributed by atoms with Gasteiger partial charge in [0, 0.05) is 18.9 Å². The first-order valence-electron chi connectivity index (χ1n) is 8.29. The van der Waals surface area contributed by atoms with Crippen molar-refractivity contribution in [2.45, 2.75) is 20.4 Å². The lowest BCUT2D eigenvalue weighted by Crippen LogP contribution is -2.04. The van der Waals surface area contributed by atoms with Gasteiger partial charge in [-0.3, -0.25) is 0 Å². The summed E-state index contributed by atoms with van der Waals surface area (Å²) in [5, 5.41) is 8.30. The molecule has 0 aliphatic carbocycles. The summed E-state index contributed by atoms with van der Waals surface area (Å²) in [5.74, 6) is 1.33. The van der Waals surface area contributed by atoms with Gasteiger partial charge in [-0.05, 0) is 36.2 Å². The maximum absolute atomic E-state index is 13.4. The van der Waals surface area contributed by atoms with Crippen molar-refractivity contribution in [3.63, 3.8) is 0 Å². The van der Waals surface area contributed by atoms with E-state index in [1.165, 1.54) is 12.1 Å². The Hall–Kier alpha value is -3.28. The molecule has 0 fully saturated rings. The fourth-order valence-electron chi connectivity index (χ4n) is 2.89. The Morgan fingerprint density at radius 2 is 1.88 bits per heavy atom. The van der Waals surface area contributed by atoms with Gasteiger partial charge in [0.15, 0.2) is 0 Å². The number of hydrogen-bond acceptors (Lipinski definition) is 5. The monoisotopic (exact) mass is 348 g/mol. The maximum atomic E-state index is 13.4. The molecule has 0 radical (unpaired) electrons. The molecule has 2 aromatic heterocycles. The first kappa shape index (κ1) is 16.2. The number of hydrogen-bond donors (Lipinski definition) is 1. The van der Waals surface area contributed by atoms with E-state index in [0.29, 0.717) is 24.1 Å². The average Bonchev–Trinajstić information content (AvgIpc) is 3.06. The summed E-state index contributed by atoms with van der Waals surface area (Å²) >= 11 is 0. The summed E-state index contributed by atoms with van der Waals surface area (Å²) in [6.07, 6.45) is 0. The van der Waals surface area contributed by atoms with E-state index in [0.717, 1.165) is 27.6 Å². The van der Waals surface area contributed by atoms with Crippen LogP contribution >= 0.6 is 0 Å². The average molecular weight is 348 g/mol. The molecule has 2 aromatic carbocycles. The Morgan fingerprint density at radius 3 is 2.65 bits per heavy atom. The first-order chi connectivity index (χ1) is 12.6. The van der Waals surface area contributed by atoms with Crippen molar-refractivity contribution in [1.29, 1.82) is 0 Å². The highest BCUT2D eigenvalue weighted by Crippen LogP contribution is 2.30. The highest BCUT2D eigenvalue weighted by molar-refractivity contribution is 5.89. The van der Waals surface area contributed by atoms with Crippen molar-refractivity contribution >= 4 is 16.7 Å². The van der Waals surface area contributed by atoms with E-state index in [1.54, 1.807) is 13.0 Å². The standard InChI is InChI=1S/C20H17FN4O/c1-12-5-3-7-15-10-17(20-23-13(2)26-25-20)19(24-18(12)15)22-11-14-6-4-8-16(21)9-14/h3-10H,11H2,1-2H3,(H,22,24). The third-order valence-corrected chi connectivity index (χ3v) is 4.16. The molecule has 130 valence electrons. The number of anilines is 1. The number of benzene rings is 2. The van der Waals surface area contributed by atoms with Gasteiger partial charge in [0.1, 0.15) is 11.6 Å². The van der Waals surface area contributed by atoms with Gasteiger partial charge in [0.05, 0.1) is 11.1 Å². The highest BCUT2D eigenvalue weighted by atomic mass is 19.1. The number of halogens is 1. The van der Waals surface area contributed by atoms with Gasteiger partial charge in [0.2, 0.25) is 11.7 Å². The summed E-state index contributed by atoms with van der Waals surface area (Å²) in [5.41, 5.74) is 3.55. The number of aromatic nitrogens is 3. The SMILES string of the molecule is Cc1nc(-c2cc3cccc(C)c3nc2NCc2cccc(F)c2)no1. The molecule has 6 heteroatoms. The van der Waals surface area contributed by atoms with Crippen LogP contribution < -0.4 is 5.32 Å². The van der Waals surface area contributed by atoms with Crippen molar-refractivity contribution in [3.8, 4) is 11.4 Å².